The first kappa shape index (κ1) is 23.0. The summed E-state index contributed by atoms with van der Waals surface area (Å²) in [5, 5.41) is 2.63. The van der Waals surface area contributed by atoms with E-state index in [9.17, 15) is 18.8 Å². The predicted molar refractivity (Wildman–Crippen MR) is 123 cm³/mol. The number of rotatable bonds is 4. The van der Waals surface area contributed by atoms with Crippen LogP contribution in [0.15, 0.2) is 48.5 Å². The summed E-state index contributed by atoms with van der Waals surface area (Å²) in [5.41, 5.74) is 1.55. The number of hydrogen-bond donors (Lipinski definition) is 1. The Bertz CT molecular complexity index is 1050. The highest BCUT2D eigenvalue weighted by Gasteiger charge is 2.46. The smallest absolute Gasteiger partial charge is 0.251 e. The van der Waals surface area contributed by atoms with Crippen LogP contribution in [0.4, 0.5) is 4.39 Å². The van der Waals surface area contributed by atoms with Crippen molar-refractivity contribution in [2.45, 2.75) is 44.1 Å². The molecule has 1 saturated carbocycles. The van der Waals surface area contributed by atoms with Gasteiger partial charge in [-0.15, -0.1) is 0 Å². The summed E-state index contributed by atoms with van der Waals surface area (Å²) in [6.45, 7) is 2.77. The lowest BCUT2D eigenvalue weighted by atomic mass is 9.77. The Labute approximate surface area is 193 Å². The molecule has 7 heteroatoms. The lowest BCUT2D eigenvalue weighted by Crippen LogP contribution is -2.56. The number of nitrogens with zero attached hydrogens (tertiary/aromatic N) is 2. The second kappa shape index (κ2) is 9.33. The largest absolute Gasteiger partial charge is 0.355 e. The maximum Gasteiger partial charge on any atom is 0.251 e. The zero-order valence-electron chi connectivity index (χ0n) is 19.1. The molecule has 2 aromatic rings. The summed E-state index contributed by atoms with van der Waals surface area (Å²) in [6, 6.07) is 13.2. The summed E-state index contributed by atoms with van der Waals surface area (Å²) >= 11 is 0. The number of hydrogen-bond acceptors (Lipinski definition) is 3. The third-order valence-electron chi connectivity index (χ3n) is 7.10. The molecule has 0 radical (unpaired) electrons. The lowest BCUT2D eigenvalue weighted by Gasteiger charge is -2.44. The molecular weight excluding hydrogens is 421 g/mol. The molecule has 0 spiro atoms. The number of carbonyl (C=O) groups is 3. The standard InChI is InChI=1S/C26H30FN3O3/c1-18(31)30-15-14-29(17-23(30)19-6-5-7-20(16-19)24(32)28-2)25(33)26(12-3-4-13-26)21-8-10-22(27)11-9-21/h5-11,16,23H,3-4,12-15,17H2,1-2H3,(H,28,32)/t23-/m1/s1. The summed E-state index contributed by atoms with van der Waals surface area (Å²) in [6.07, 6.45) is 3.38. The fraction of sp³-hybridized carbons (Fsp3) is 0.423. The molecule has 174 valence electrons. The first-order valence-corrected chi connectivity index (χ1v) is 11.5. The second-order valence-electron chi connectivity index (χ2n) is 8.98. The highest BCUT2D eigenvalue weighted by Crippen LogP contribution is 2.43. The molecule has 1 heterocycles. The molecule has 3 amide bonds. The zero-order chi connectivity index (χ0) is 23.6. The summed E-state index contributed by atoms with van der Waals surface area (Å²) in [7, 11) is 1.58. The van der Waals surface area contributed by atoms with Gasteiger partial charge in [-0.25, -0.2) is 4.39 Å². The van der Waals surface area contributed by atoms with Crippen molar-refractivity contribution in [3.63, 3.8) is 0 Å². The molecule has 1 N–H and O–H groups in total. The third kappa shape index (κ3) is 4.36. The monoisotopic (exact) mass is 451 g/mol. The van der Waals surface area contributed by atoms with E-state index >= 15 is 0 Å². The van der Waals surface area contributed by atoms with Crippen molar-refractivity contribution in [2.24, 2.45) is 0 Å². The lowest BCUT2D eigenvalue weighted by molar-refractivity contribution is -0.145. The van der Waals surface area contributed by atoms with Gasteiger partial charge in [-0.1, -0.05) is 37.1 Å². The van der Waals surface area contributed by atoms with Crippen LogP contribution in [0.5, 0.6) is 0 Å². The first-order chi connectivity index (χ1) is 15.9. The fourth-order valence-electron chi connectivity index (χ4n) is 5.34. The Morgan fingerprint density at radius 3 is 2.36 bits per heavy atom. The minimum Gasteiger partial charge on any atom is -0.355 e. The first-order valence-electron chi connectivity index (χ1n) is 11.5. The average molecular weight is 452 g/mol. The fourth-order valence-corrected chi connectivity index (χ4v) is 5.34. The van der Waals surface area contributed by atoms with Crippen LogP contribution in [-0.2, 0) is 15.0 Å². The van der Waals surface area contributed by atoms with Gasteiger partial charge in [0.1, 0.15) is 5.82 Å². The number of piperazine rings is 1. The van der Waals surface area contributed by atoms with E-state index in [1.54, 1.807) is 42.3 Å². The van der Waals surface area contributed by atoms with E-state index < -0.39 is 5.41 Å². The Morgan fingerprint density at radius 2 is 1.73 bits per heavy atom. The van der Waals surface area contributed by atoms with E-state index in [-0.39, 0.29) is 29.6 Å². The molecule has 2 aromatic carbocycles. The molecule has 1 atom stereocenters. The van der Waals surface area contributed by atoms with Gasteiger partial charge >= 0.3 is 0 Å². The van der Waals surface area contributed by atoms with Crippen LogP contribution in [0.3, 0.4) is 0 Å². The Hall–Kier alpha value is -3.22. The van der Waals surface area contributed by atoms with Crippen LogP contribution in [0, 0.1) is 5.82 Å². The molecule has 4 rings (SSSR count). The van der Waals surface area contributed by atoms with Crippen LogP contribution < -0.4 is 5.32 Å². The summed E-state index contributed by atoms with van der Waals surface area (Å²) < 4.78 is 13.6. The van der Waals surface area contributed by atoms with Crippen LogP contribution in [0.2, 0.25) is 0 Å². The molecule has 2 fully saturated rings. The Kier molecular flexibility index (Phi) is 6.49. The number of nitrogens with one attached hydrogen (secondary N) is 1. The molecule has 6 nitrogen and oxygen atoms in total. The Morgan fingerprint density at radius 1 is 1.03 bits per heavy atom. The maximum atomic E-state index is 13.9. The van der Waals surface area contributed by atoms with E-state index in [1.807, 2.05) is 11.0 Å². The molecule has 1 aliphatic heterocycles. The van der Waals surface area contributed by atoms with E-state index in [0.29, 0.717) is 25.2 Å². The van der Waals surface area contributed by atoms with Crippen molar-refractivity contribution in [3.8, 4) is 0 Å². The van der Waals surface area contributed by atoms with Gasteiger partial charge < -0.3 is 15.1 Å². The molecule has 0 unspecified atom stereocenters. The highest BCUT2D eigenvalue weighted by atomic mass is 19.1. The van der Waals surface area contributed by atoms with Crippen LogP contribution >= 0.6 is 0 Å². The highest BCUT2D eigenvalue weighted by molar-refractivity contribution is 5.94. The second-order valence-corrected chi connectivity index (χ2v) is 8.98. The van der Waals surface area contributed by atoms with E-state index in [2.05, 4.69) is 5.32 Å². The van der Waals surface area contributed by atoms with Gasteiger partial charge in [-0.05, 0) is 48.2 Å². The van der Waals surface area contributed by atoms with Crippen molar-refractivity contribution in [1.82, 2.24) is 15.1 Å². The van der Waals surface area contributed by atoms with E-state index in [4.69, 9.17) is 0 Å². The van der Waals surface area contributed by atoms with Gasteiger partial charge in [0.05, 0.1) is 11.5 Å². The van der Waals surface area contributed by atoms with Crippen molar-refractivity contribution >= 4 is 17.7 Å². The van der Waals surface area contributed by atoms with Crippen molar-refractivity contribution in [1.29, 1.82) is 0 Å². The quantitative estimate of drug-likeness (QED) is 0.774. The van der Waals surface area contributed by atoms with Crippen molar-refractivity contribution < 1.29 is 18.8 Å². The van der Waals surface area contributed by atoms with E-state index in [1.165, 1.54) is 19.1 Å². The Balaban J connectivity index is 1.65. The predicted octanol–water partition coefficient (Wildman–Crippen LogP) is 3.43. The van der Waals surface area contributed by atoms with Gasteiger partial charge in [-0.3, -0.25) is 14.4 Å². The van der Waals surface area contributed by atoms with Crippen LogP contribution in [0.25, 0.3) is 0 Å². The normalized spacial score (nSPS) is 19.9. The molecule has 33 heavy (non-hydrogen) atoms. The number of carbonyl (C=O) groups excluding carboxylic acids is 3. The van der Waals surface area contributed by atoms with Crippen LogP contribution in [0.1, 0.15) is 60.1 Å². The minimum atomic E-state index is -0.652. The van der Waals surface area contributed by atoms with E-state index in [0.717, 1.165) is 36.8 Å². The molecule has 2 aliphatic rings. The number of amides is 3. The SMILES string of the molecule is CNC(=O)c1cccc([C@H]2CN(C(=O)C3(c4ccc(F)cc4)CCCC3)CCN2C(C)=O)c1. The molecule has 1 aliphatic carbocycles. The minimum absolute atomic E-state index is 0.0438. The molecular formula is C26H30FN3O3. The molecule has 0 bridgehead atoms. The summed E-state index contributed by atoms with van der Waals surface area (Å²) in [5.74, 6) is -0.532. The number of halogens is 1. The molecule has 1 saturated heterocycles. The maximum absolute atomic E-state index is 13.9. The van der Waals surface area contributed by atoms with Gasteiger partial charge in [0.25, 0.3) is 5.91 Å². The summed E-state index contributed by atoms with van der Waals surface area (Å²) in [4.78, 5) is 42.1. The van der Waals surface area contributed by atoms with Gasteiger partial charge in [-0.2, -0.15) is 0 Å². The van der Waals surface area contributed by atoms with Gasteiger partial charge in [0.2, 0.25) is 11.8 Å². The van der Waals surface area contributed by atoms with Crippen molar-refractivity contribution in [2.75, 3.05) is 26.7 Å². The third-order valence-corrected chi connectivity index (χ3v) is 7.10. The topological polar surface area (TPSA) is 69.7 Å². The number of benzene rings is 2. The zero-order valence-corrected chi connectivity index (χ0v) is 19.1. The molecule has 0 aromatic heterocycles. The van der Waals surface area contributed by atoms with Crippen LogP contribution in [-0.4, -0.2) is 54.2 Å². The van der Waals surface area contributed by atoms with Crippen molar-refractivity contribution in [3.05, 3.63) is 71.0 Å². The van der Waals surface area contributed by atoms with Gasteiger partial charge in [0.15, 0.2) is 0 Å². The average Bonchev–Trinajstić information content (AvgIpc) is 3.34. The van der Waals surface area contributed by atoms with Gasteiger partial charge in [0, 0.05) is 39.2 Å².